The van der Waals surface area contributed by atoms with E-state index in [-0.39, 0.29) is 5.56 Å². The zero-order valence-corrected chi connectivity index (χ0v) is 10.9. The summed E-state index contributed by atoms with van der Waals surface area (Å²) in [4.78, 5) is 18.8. The monoisotopic (exact) mass is 259 g/mol. The molecule has 0 saturated heterocycles. The first kappa shape index (κ1) is 12.0. The molecule has 0 bridgehead atoms. The Bertz CT molecular complexity index is 626. The van der Waals surface area contributed by atoms with Gasteiger partial charge in [0.2, 0.25) is 0 Å². The van der Waals surface area contributed by atoms with Crippen molar-refractivity contribution in [3.8, 4) is 0 Å². The highest BCUT2D eigenvalue weighted by Gasteiger charge is 2.26. The van der Waals surface area contributed by atoms with E-state index in [0.29, 0.717) is 11.7 Å². The maximum Gasteiger partial charge on any atom is 0.252 e. The fourth-order valence-corrected chi connectivity index (χ4v) is 2.08. The predicted octanol–water partition coefficient (Wildman–Crippen LogP) is 1.04. The van der Waals surface area contributed by atoms with E-state index in [1.54, 1.807) is 6.20 Å². The molecule has 0 spiro atoms. The summed E-state index contributed by atoms with van der Waals surface area (Å²) in [6, 6.07) is 3.50. The first-order chi connectivity index (χ1) is 9.22. The Labute approximate surface area is 110 Å². The van der Waals surface area contributed by atoms with Crippen molar-refractivity contribution >= 4 is 5.82 Å². The van der Waals surface area contributed by atoms with Crippen LogP contribution in [0.3, 0.4) is 0 Å². The summed E-state index contributed by atoms with van der Waals surface area (Å²) in [5.74, 6) is 1.93. The van der Waals surface area contributed by atoms with E-state index in [1.165, 1.54) is 6.07 Å². The zero-order chi connectivity index (χ0) is 13.2. The molecule has 100 valence electrons. The number of nitrogens with zero attached hydrogens (tertiary/aromatic N) is 3. The largest absolute Gasteiger partial charge is 0.369 e. The molecule has 2 N–H and O–H groups in total. The van der Waals surface area contributed by atoms with Crippen LogP contribution >= 0.6 is 0 Å². The Hall–Kier alpha value is -2.11. The van der Waals surface area contributed by atoms with Gasteiger partial charge in [-0.2, -0.15) is 5.10 Å². The summed E-state index contributed by atoms with van der Waals surface area (Å²) in [7, 11) is 1.92. The predicted molar refractivity (Wildman–Crippen MR) is 72.2 cm³/mol. The second-order valence-corrected chi connectivity index (χ2v) is 4.91. The minimum Gasteiger partial charge on any atom is -0.369 e. The van der Waals surface area contributed by atoms with E-state index in [9.17, 15) is 4.79 Å². The van der Waals surface area contributed by atoms with Crippen LogP contribution in [0, 0.1) is 0 Å². The molecule has 1 aliphatic carbocycles. The van der Waals surface area contributed by atoms with Gasteiger partial charge < -0.3 is 10.3 Å². The van der Waals surface area contributed by atoms with Crippen LogP contribution in [-0.4, -0.2) is 26.3 Å². The highest BCUT2D eigenvalue weighted by Crippen LogP contribution is 2.37. The van der Waals surface area contributed by atoms with Crippen LogP contribution in [0.4, 0.5) is 5.82 Å². The van der Waals surface area contributed by atoms with Gasteiger partial charge in [0.05, 0.1) is 0 Å². The molecular formula is C13H17N5O. The van der Waals surface area contributed by atoms with Crippen LogP contribution in [0.5, 0.6) is 0 Å². The van der Waals surface area contributed by atoms with Gasteiger partial charge in [0, 0.05) is 43.9 Å². The summed E-state index contributed by atoms with van der Waals surface area (Å²) in [6.07, 6.45) is 4.89. The van der Waals surface area contributed by atoms with Gasteiger partial charge in [0.1, 0.15) is 11.6 Å². The van der Waals surface area contributed by atoms with Gasteiger partial charge in [-0.3, -0.25) is 9.48 Å². The summed E-state index contributed by atoms with van der Waals surface area (Å²) in [6.45, 7) is 0.736. The minimum atomic E-state index is -0.0834. The molecule has 0 unspecified atom stereocenters. The lowest BCUT2D eigenvalue weighted by Crippen LogP contribution is -2.15. The van der Waals surface area contributed by atoms with Crippen molar-refractivity contribution in [3.05, 3.63) is 40.2 Å². The highest BCUT2D eigenvalue weighted by atomic mass is 16.1. The number of H-pyrrole nitrogens is 1. The molecule has 1 saturated carbocycles. The molecule has 0 aliphatic heterocycles. The van der Waals surface area contributed by atoms with Gasteiger partial charge in [-0.05, 0) is 18.9 Å². The van der Waals surface area contributed by atoms with Crippen LogP contribution in [0.25, 0.3) is 0 Å². The molecule has 2 aromatic rings. The molecule has 19 heavy (non-hydrogen) atoms. The van der Waals surface area contributed by atoms with E-state index in [1.807, 2.05) is 17.8 Å². The van der Waals surface area contributed by atoms with E-state index in [4.69, 9.17) is 0 Å². The van der Waals surface area contributed by atoms with Crippen molar-refractivity contribution in [3.63, 3.8) is 0 Å². The molecule has 6 heteroatoms. The van der Waals surface area contributed by atoms with Crippen LogP contribution in [0.15, 0.2) is 23.1 Å². The van der Waals surface area contributed by atoms with Gasteiger partial charge in [-0.15, -0.1) is 0 Å². The summed E-state index contributed by atoms with van der Waals surface area (Å²) >= 11 is 0. The lowest BCUT2D eigenvalue weighted by molar-refractivity contribution is 0.710. The van der Waals surface area contributed by atoms with E-state index < -0.39 is 0 Å². The molecule has 0 aromatic carbocycles. The summed E-state index contributed by atoms with van der Waals surface area (Å²) < 4.78 is 1.85. The Morgan fingerprint density at radius 3 is 3.05 bits per heavy atom. The van der Waals surface area contributed by atoms with Crippen LogP contribution in [-0.2, 0) is 13.5 Å². The topological polar surface area (TPSA) is 75.6 Å². The molecule has 2 heterocycles. The Balaban J connectivity index is 1.63. The Kier molecular flexibility index (Phi) is 3.06. The van der Waals surface area contributed by atoms with Crippen molar-refractivity contribution in [1.29, 1.82) is 0 Å². The van der Waals surface area contributed by atoms with E-state index in [2.05, 4.69) is 20.4 Å². The van der Waals surface area contributed by atoms with Crippen molar-refractivity contribution in [2.24, 2.45) is 7.05 Å². The Morgan fingerprint density at radius 2 is 2.37 bits per heavy atom. The van der Waals surface area contributed by atoms with Crippen molar-refractivity contribution < 1.29 is 0 Å². The van der Waals surface area contributed by atoms with Crippen LogP contribution < -0.4 is 10.9 Å². The van der Waals surface area contributed by atoms with Crippen LogP contribution in [0.2, 0.25) is 0 Å². The fraction of sp³-hybridized carbons (Fsp3) is 0.462. The number of aryl methyl sites for hydroxylation is 1. The average molecular weight is 259 g/mol. The number of anilines is 1. The highest BCUT2D eigenvalue weighted by molar-refractivity contribution is 5.34. The normalized spacial score (nSPS) is 14.6. The van der Waals surface area contributed by atoms with Gasteiger partial charge >= 0.3 is 0 Å². The second-order valence-electron chi connectivity index (χ2n) is 4.91. The van der Waals surface area contributed by atoms with E-state index >= 15 is 0 Å². The minimum absolute atomic E-state index is 0.0834. The molecule has 6 nitrogen and oxygen atoms in total. The van der Waals surface area contributed by atoms with Crippen molar-refractivity contribution in [1.82, 2.24) is 19.7 Å². The molecule has 1 fully saturated rings. The molecule has 2 aromatic heterocycles. The van der Waals surface area contributed by atoms with Gasteiger partial charge in [-0.25, -0.2) is 4.98 Å². The third-order valence-electron chi connectivity index (χ3n) is 3.33. The molecular weight excluding hydrogens is 242 g/mol. The van der Waals surface area contributed by atoms with Crippen molar-refractivity contribution in [2.45, 2.75) is 25.2 Å². The number of hydrogen-bond acceptors (Lipinski definition) is 4. The summed E-state index contributed by atoms with van der Waals surface area (Å²) in [5, 5.41) is 7.32. The molecule has 0 atom stereocenters. The number of nitrogens with one attached hydrogen (secondary N) is 2. The van der Waals surface area contributed by atoms with Gasteiger partial charge in [-0.1, -0.05) is 0 Å². The quantitative estimate of drug-likeness (QED) is 0.841. The van der Waals surface area contributed by atoms with E-state index in [0.717, 1.165) is 37.3 Å². The first-order valence-corrected chi connectivity index (χ1v) is 6.54. The fourth-order valence-electron chi connectivity index (χ4n) is 2.08. The zero-order valence-electron chi connectivity index (χ0n) is 10.9. The average Bonchev–Trinajstić information content (AvgIpc) is 3.14. The third-order valence-corrected chi connectivity index (χ3v) is 3.33. The lowest BCUT2D eigenvalue weighted by Gasteiger charge is -2.07. The van der Waals surface area contributed by atoms with Gasteiger partial charge in [0.25, 0.3) is 5.56 Å². The maximum absolute atomic E-state index is 11.5. The second kappa shape index (κ2) is 4.87. The molecule has 0 amide bonds. The number of hydrogen-bond donors (Lipinski definition) is 2. The van der Waals surface area contributed by atoms with Crippen molar-refractivity contribution in [2.75, 3.05) is 11.9 Å². The number of aromatic amines is 1. The summed E-state index contributed by atoms with van der Waals surface area (Å²) in [5.41, 5.74) is 1.07. The Morgan fingerprint density at radius 1 is 1.53 bits per heavy atom. The number of rotatable bonds is 5. The SMILES string of the molecule is Cn1nccc1CCNc1cc(=O)[nH]c(C2CC2)n1. The van der Waals surface area contributed by atoms with Crippen LogP contribution in [0.1, 0.15) is 30.3 Å². The smallest absolute Gasteiger partial charge is 0.252 e. The standard InChI is InChI=1S/C13H17N5O/c1-18-10(5-7-15-18)4-6-14-11-8-12(19)17-13(16-11)9-2-3-9/h5,7-9H,2-4,6H2,1H3,(H2,14,16,17,19). The maximum atomic E-state index is 11.5. The first-order valence-electron chi connectivity index (χ1n) is 6.54. The lowest BCUT2D eigenvalue weighted by atomic mass is 10.3. The molecule has 3 rings (SSSR count). The number of aromatic nitrogens is 4. The molecule has 1 aliphatic rings. The van der Waals surface area contributed by atoms with Gasteiger partial charge in [0.15, 0.2) is 0 Å². The molecule has 0 radical (unpaired) electrons. The third kappa shape index (κ3) is 2.83.